The van der Waals surface area contributed by atoms with E-state index in [4.69, 9.17) is 0 Å². The molecule has 1 N–H and O–H groups in total. The highest BCUT2D eigenvalue weighted by Crippen LogP contribution is 2.24. The molecule has 0 saturated heterocycles. The van der Waals surface area contributed by atoms with E-state index in [1.54, 1.807) is 24.3 Å². The summed E-state index contributed by atoms with van der Waals surface area (Å²) < 4.78 is 27.1. The summed E-state index contributed by atoms with van der Waals surface area (Å²) in [7, 11) is -3.45. The minimum Gasteiger partial charge on any atom is -0.322 e. The van der Waals surface area contributed by atoms with Crippen LogP contribution in [0.5, 0.6) is 0 Å². The molecule has 30 heavy (non-hydrogen) atoms. The molecule has 0 fully saturated rings. The maximum absolute atomic E-state index is 12.4. The van der Waals surface area contributed by atoms with Gasteiger partial charge < -0.3 is 5.32 Å². The Balaban J connectivity index is 1.76. The van der Waals surface area contributed by atoms with E-state index in [-0.39, 0.29) is 12.5 Å². The Labute approximate surface area is 185 Å². The van der Waals surface area contributed by atoms with Gasteiger partial charge in [0, 0.05) is 15.7 Å². The molecule has 0 aliphatic heterocycles. The van der Waals surface area contributed by atoms with Gasteiger partial charge >= 0.3 is 0 Å². The van der Waals surface area contributed by atoms with E-state index in [1.807, 2.05) is 56.3 Å². The zero-order valence-electron chi connectivity index (χ0n) is 17.0. The van der Waals surface area contributed by atoms with E-state index in [0.717, 1.165) is 21.2 Å². The zero-order chi connectivity index (χ0) is 21.9. The Morgan fingerprint density at radius 3 is 2.13 bits per heavy atom. The van der Waals surface area contributed by atoms with Crippen molar-refractivity contribution in [3.8, 4) is 0 Å². The molecule has 0 unspecified atom stereocenters. The number of benzene rings is 3. The third-order valence-corrected chi connectivity index (χ3v) is 6.49. The van der Waals surface area contributed by atoms with Crippen LogP contribution in [0.15, 0.2) is 71.2 Å². The summed E-state index contributed by atoms with van der Waals surface area (Å²) in [5, 5.41) is 2.85. The molecule has 156 valence electrons. The smallest absolute Gasteiger partial charge is 0.255 e. The predicted molar refractivity (Wildman–Crippen MR) is 125 cm³/mol. The monoisotopic (exact) mass is 486 g/mol. The van der Waals surface area contributed by atoms with Crippen molar-refractivity contribution in [3.05, 3.63) is 93.5 Å². The molecule has 0 aliphatic rings. The number of rotatable bonds is 6. The van der Waals surface area contributed by atoms with Gasteiger partial charge in [-0.2, -0.15) is 0 Å². The summed E-state index contributed by atoms with van der Waals surface area (Å²) in [6.45, 7) is 4.16. The molecule has 0 radical (unpaired) electrons. The maximum Gasteiger partial charge on any atom is 0.255 e. The Morgan fingerprint density at radius 2 is 1.57 bits per heavy atom. The summed E-state index contributed by atoms with van der Waals surface area (Å²) >= 11 is 3.35. The van der Waals surface area contributed by atoms with E-state index in [1.165, 1.54) is 10.6 Å². The van der Waals surface area contributed by atoms with Gasteiger partial charge in [-0.05, 0) is 79.1 Å². The van der Waals surface area contributed by atoms with Crippen molar-refractivity contribution in [2.45, 2.75) is 20.4 Å². The summed E-state index contributed by atoms with van der Waals surface area (Å²) in [6.07, 6.45) is 1.20. The second-order valence-corrected chi connectivity index (χ2v) is 10.0. The minimum atomic E-state index is -3.45. The first kappa shape index (κ1) is 22.1. The van der Waals surface area contributed by atoms with Crippen LogP contribution in [0.1, 0.15) is 27.0 Å². The molecule has 0 saturated carbocycles. The zero-order valence-corrected chi connectivity index (χ0v) is 19.4. The van der Waals surface area contributed by atoms with Crippen LogP contribution >= 0.6 is 15.9 Å². The molecular formula is C23H23BrN2O3S. The van der Waals surface area contributed by atoms with Crippen LogP contribution < -0.4 is 9.62 Å². The molecule has 0 heterocycles. The lowest BCUT2D eigenvalue weighted by Gasteiger charge is -2.23. The third-order valence-electron chi connectivity index (χ3n) is 4.82. The summed E-state index contributed by atoms with van der Waals surface area (Å²) in [6, 6.07) is 19.9. The largest absolute Gasteiger partial charge is 0.322 e. The number of hydrogen-bond acceptors (Lipinski definition) is 3. The Kier molecular flexibility index (Phi) is 6.63. The summed E-state index contributed by atoms with van der Waals surface area (Å²) in [5.74, 6) is -0.205. The number of carbonyl (C=O) groups excluding carboxylic acids is 1. The van der Waals surface area contributed by atoms with Crippen LogP contribution in [0, 0.1) is 13.8 Å². The average Bonchev–Trinajstić information content (AvgIpc) is 2.69. The van der Waals surface area contributed by atoms with Crippen LogP contribution in [0.2, 0.25) is 0 Å². The number of nitrogens with zero attached hydrogens (tertiary/aromatic N) is 1. The highest BCUT2D eigenvalue weighted by Gasteiger charge is 2.18. The quantitative estimate of drug-likeness (QED) is 0.514. The van der Waals surface area contributed by atoms with Crippen molar-refractivity contribution >= 4 is 43.2 Å². The number of amides is 1. The van der Waals surface area contributed by atoms with Gasteiger partial charge in [0.2, 0.25) is 10.0 Å². The molecule has 1 amide bonds. The molecule has 0 aromatic heterocycles. The van der Waals surface area contributed by atoms with Crippen molar-refractivity contribution in [2.75, 3.05) is 15.9 Å². The number of sulfonamides is 1. The second-order valence-electron chi connectivity index (χ2n) is 7.20. The molecule has 0 atom stereocenters. The topological polar surface area (TPSA) is 66.5 Å². The SMILES string of the molecule is Cc1ccc(N(Cc2ccc(NC(=O)c3ccc(Br)cc3)cc2)S(C)(=O)=O)cc1C. The normalized spacial score (nSPS) is 11.2. The van der Waals surface area contributed by atoms with Crippen LogP contribution in [0.4, 0.5) is 11.4 Å². The van der Waals surface area contributed by atoms with E-state index in [0.29, 0.717) is 16.9 Å². The Hall–Kier alpha value is -2.64. The molecule has 0 spiro atoms. The Bertz CT molecular complexity index is 1160. The van der Waals surface area contributed by atoms with Gasteiger partial charge in [-0.15, -0.1) is 0 Å². The highest BCUT2D eigenvalue weighted by molar-refractivity contribution is 9.10. The van der Waals surface area contributed by atoms with Crippen molar-refractivity contribution in [1.29, 1.82) is 0 Å². The molecular weight excluding hydrogens is 464 g/mol. The van der Waals surface area contributed by atoms with Gasteiger partial charge in [-0.1, -0.05) is 34.1 Å². The van der Waals surface area contributed by atoms with Crippen LogP contribution in [0.3, 0.4) is 0 Å². The van der Waals surface area contributed by atoms with Crippen molar-refractivity contribution in [1.82, 2.24) is 0 Å². The number of aryl methyl sites for hydroxylation is 2. The number of halogens is 1. The maximum atomic E-state index is 12.4. The van der Waals surface area contributed by atoms with Gasteiger partial charge in [0.05, 0.1) is 18.5 Å². The van der Waals surface area contributed by atoms with Gasteiger partial charge in [0.25, 0.3) is 5.91 Å². The Morgan fingerprint density at radius 1 is 0.933 bits per heavy atom. The predicted octanol–water partition coefficient (Wildman–Crippen LogP) is 5.28. The first-order chi connectivity index (χ1) is 14.1. The average molecular weight is 487 g/mol. The van der Waals surface area contributed by atoms with Crippen molar-refractivity contribution in [3.63, 3.8) is 0 Å². The molecule has 3 aromatic carbocycles. The molecule has 7 heteroatoms. The van der Waals surface area contributed by atoms with Gasteiger partial charge in [-0.25, -0.2) is 8.42 Å². The lowest BCUT2D eigenvalue weighted by atomic mass is 10.1. The fraction of sp³-hybridized carbons (Fsp3) is 0.174. The van der Waals surface area contributed by atoms with E-state index >= 15 is 0 Å². The van der Waals surface area contributed by atoms with Crippen LogP contribution in [-0.2, 0) is 16.6 Å². The fourth-order valence-electron chi connectivity index (χ4n) is 2.94. The first-order valence-corrected chi connectivity index (χ1v) is 12.0. The summed E-state index contributed by atoms with van der Waals surface area (Å²) in [5.41, 5.74) is 4.79. The van der Waals surface area contributed by atoms with Crippen LogP contribution in [-0.4, -0.2) is 20.6 Å². The van der Waals surface area contributed by atoms with E-state index in [2.05, 4.69) is 21.2 Å². The molecule has 3 rings (SSSR count). The van der Waals surface area contributed by atoms with Gasteiger partial charge in [-0.3, -0.25) is 9.10 Å². The lowest BCUT2D eigenvalue weighted by molar-refractivity contribution is 0.102. The van der Waals surface area contributed by atoms with E-state index < -0.39 is 10.0 Å². The molecule has 0 aliphatic carbocycles. The first-order valence-electron chi connectivity index (χ1n) is 9.34. The standard InChI is InChI=1S/C23H23BrN2O3S/c1-16-4-13-22(14-17(16)2)26(30(3,28)29)15-18-5-11-21(12-6-18)25-23(27)19-7-9-20(24)10-8-19/h4-14H,15H2,1-3H3,(H,25,27). The number of hydrogen-bond donors (Lipinski definition) is 1. The fourth-order valence-corrected chi connectivity index (χ4v) is 4.09. The van der Waals surface area contributed by atoms with E-state index in [9.17, 15) is 13.2 Å². The number of nitrogens with one attached hydrogen (secondary N) is 1. The molecule has 5 nitrogen and oxygen atoms in total. The minimum absolute atomic E-state index is 0.205. The third kappa shape index (κ3) is 5.49. The molecule has 0 bridgehead atoms. The summed E-state index contributed by atoms with van der Waals surface area (Å²) in [4.78, 5) is 12.3. The molecule has 3 aromatic rings. The number of carbonyl (C=O) groups is 1. The lowest BCUT2D eigenvalue weighted by Crippen LogP contribution is -2.29. The number of anilines is 2. The highest BCUT2D eigenvalue weighted by atomic mass is 79.9. The van der Waals surface area contributed by atoms with Gasteiger partial charge in [0.15, 0.2) is 0 Å². The van der Waals surface area contributed by atoms with Gasteiger partial charge in [0.1, 0.15) is 0 Å². The second kappa shape index (κ2) is 9.02. The van der Waals surface area contributed by atoms with Crippen LogP contribution in [0.25, 0.3) is 0 Å². The van der Waals surface area contributed by atoms with Crippen molar-refractivity contribution in [2.24, 2.45) is 0 Å². The van der Waals surface area contributed by atoms with Crippen molar-refractivity contribution < 1.29 is 13.2 Å².